The molecule has 0 unspecified atom stereocenters. The van der Waals surface area contributed by atoms with E-state index < -0.39 is 0 Å². The largest absolute Gasteiger partial charge is 0.237 e. The maximum absolute atomic E-state index is 4.87. The van der Waals surface area contributed by atoms with Crippen LogP contribution < -0.4 is 0 Å². The van der Waals surface area contributed by atoms with Crippen molar-refractivity contribution in [3.8, 4) is 0 Å². The third-order valence-electron chi connectivity index (χ3n) is 3.81. The molecule has 0 N–H and O–H groups in total. The van der Waals surface area contributed by atoms with Crippen LogP contribution >= 0.6 is 11.8 Å². The monoisotopic (exact) mass is 308 g/mol. The molecular weight excluding hydrogens is 276 g/mol. The lowest BCUT2D eigenvalue weighted by Crippen LogP contribution is -2.10. The van der Waals surface area contributed by atoms with Gasteiger partial charge >= 0.3 is 0 Å². The van der Waals surface area contributed by atoms with Crippen molar-refractivity contribution in [2.45, 2.75) is 90.0 Å². The maximum Gasteiger partial charge on any atom is 0.132 e. The molecule has 0 saturated heterocycles. The van der Waals surface area contributed by atoms with E-state index >= 15 is 0 Å². The van der Waals surface area contributed by atoms with Crippen LogP contribution in [0, 0.1) is 0 Å². The summed E-state index contributed by atoms with van der Waals surface area (Å²) >= 11 is 1.78. The molecule has 1 aromatic rings. The van der Waals surface area contributed by atoms with Gasteiger partial charge in [-0.05, 0) is 25.0 Å². The summed E-state index contributed by atoms with van der Waals surface area (Å²) < 4.78 is 0. The minimum Gasteiger partial charge on any atom is -0.237 e. The molecule has 0 atom stereocenters. The van der Waals surface area contributed by atoms with E-state index in [0.717, 1.165) is 12.2 Å². The van der Waals surface area contributed by atoms with Gasteiger partial charge in [0.25, 0.3) is 0 Å². The summed E-state index contributed by atoms with van der Waals surface area (Å²) in [5.74, 6) is 1.87. The van der Waals surface area contributed by atoms with Crippen molar-refractivity contribution in [2.24, 2.45) is 0 Å². The van der Waals surface area contributed by atoms with E-state index in [0.29, 0.717) is 11.8 Å². The van der Waals surface area contributed by atoms with E-state index in [2.05, 4.69) is 40.9 Å². The molecule has 0 amide bonds. The first kappa shape index (κ1) is 18.5. The van der Waals surface area contributed by atoms with E-state index in [-0.39, 0.29) is 0 Å². The van der Waals surface area contributed by atoms with Gasteiger partial charge in [0.2, 0.25) is 0 Å². The molecule has 0 bridgehead atoms. The summed E-state index contributed by atoms with van der Waals surface area (Å²) in [5, 5.41) is 1.20. The van der Waals surface area contributed by atoms with Crippen LogP contribution in [0.15, 0.2) is 5.03 Å². The number of unbranched alkanes of at least 4 members (excludes halogenated alkanes) is 4. The van der Waals surface area contributed by atoms with Crippen LogP contribution in [0.3, 0.4) is 0 Å². The van der Waals surface area contributed by atoms with Gasteiger partial charge in [0.05, 0.1) is 5.69 Å². The van der Waals surface area contributed by atoms with Crippen molar-refractivity contribution in [2.75, 3.05) is 6.26 Å². The van der Waals surface area contributed by atoms with Gasteiger partial charge in [0, 0.05) is 11.5 Å². The fourth-order valence-corrected chi connectivity index (χ4v) is 3.18. The highest BCUT2D eigenvalue weighted by atomic mass is 32.2. The van der Waals surface area contributed by atoms with Crippen molar-refractivity contribution in [3.05, 3.63) is 17.1 Å². The maximum atomic E-state index is 4.87. The molecule has 120 valence electrons. The Labute approximate surface area is 135 Å². The molecule has 3 heteroatoms. The summed E-state index contributed by atoms with van der Waals surface area (Å²) in [5.41, 5.74) is 2.67. The second kappa shape index (κ2) is 9.45. The molecule has 0 aromatic carbocycles. The summed E-state index contributed by atoms with van der Waals surface area (Å²) in [7, 11) is 0. The molecule has 1 heterocycles. The van der Waals surface area contributed by atoms with Gasteiger partial charge in [-0.2, -0.15) is 0 Å². The van der Waals surface area contributed by atoms with Crippen molar-refractivity contribution in [1.29, 1.82) is 0 Å². The predicted octanol–water partition coefficient (Wildman–Crippen LogP) is 5.96. The second-order valence-corrected chi connectivity index (χ2v) is 7.22. The first-order valence-corrected chi connectivity index (χ1v) is 9.68. The first-order valence-electron chi connectivity index (χ1n) is 8.45. The third-order valence-corrected chi connectivity index (χ3v) is 4.53. The molecule has 0 aliphatic rings. The van der Waals surface area contributed by atoms with Crippen LogP contribution in [-0.4, -0.2) is 16.2 Å². The third kappa shape index (κ3) is 5.61. The summed E-state index contributed by atoms with van der Waals surface area (Å²) in [6, 6.07) is 0. The molecule has 0 aliphatic carbocycles. The molecule has 2 nitrogen and oxygen atoms in total. The minimum absolute atomic E-state index is 0.395. The zero-order chi connectivity index (χ0) is 15.8. The molecule has 0 aliphatic heterocycles. The Balaban J connectivity index is 2.93. The molecule has 1 rings (SSSR count). The summed E-state index contributed by atoms with van der Waals surface area (Å²) in [6.07, 6.45) is 9.87. The van der Waals surface area contributed by atoms with Crippen LogP contribution in [-0.2, 0) is 6.42 Å². The Kier molecular flexibility index (Phi) is 8.31. The predicted molar refractivity (Wildman–Crippen MR) is 94.5 cm³/mol. The highest BCUT2D eigenvalue weighted by Crippen LogP contribution is 2.29. The van der Waals surface area contributed by atoms with Crippen LogP contribution in [0.2, 0.25) is 0 Å². The Bertz CT molecular complexity index is 427. The molecule has 21 heavy (non-hydrogen) atoms. The summed E-state index contributed by atoms with van der Waals surface area (Å²) in [4.78, 5) is 9.67. The SMILES string of the molecule is CCCCCCCc1c(SC)nc(C(C)C)nc1C(C)C. The van der Waals surface area contributed by atoms with E-state index in [9.17, 15) is 0 Å². The Morgan fingerprint density at radius 2 is 1.57 bits per heavy atom. The molecular formula is C18H32N2S. The van der Waals surface area contributed by atoms with Gasteiger partial charge in [0.1, 0.15) is 10.9 Å². The van der Waals surface area contributed by atoms with Gasteiger partial charge in [-0.3, -0.25) is 0 Å². The number of hydrogen-bond donors (Lipinski definition) is 0. The average molecular weight is 309 g/mol. The van der Waals surface area contributed by atoms with Gasteiger partial charge < -0.3 is 0 Å². The molecule has 1 aromatic heterocycles. The zero-order valence-electron chi connectivity index (χ0n) is 14.7. The number of aromatic nitrogens is 2. The highest BCUT2D eigenvalue weighted by molar-refractivity contribution is 7.98. The Morgan fingerprint density at radius 3 is 2.10 bits per heavy atom. The van der Waals surface area contributed by atoms with Gasteiger partial charge in [-0.15, -0.1) is 11.8 Å². The lowest BCUT2D eigenvalue weighted by molar-refractivity contribution is 0.615. The highest BCUT2D eigenvalue weighted by Gasteiger charge is 2.17. The van der Waals surface area contributed by atoms with Crippen LogP contribution in [0.25, 0.3) is 0 Å². The number of thioether (sulfide) groups is 1. The van der Waals surface area contributed by atoms with Crippen molar-refractivity contribution >= 4 is 11.8 Å². The fraction of sp³-hybridized carbons (Fsp3) is 0.778. The standard InChI is InChI=1S/C18H32N2S/c1-7-8-9-10-11-12-15-16(13(2)3)19-17(14(4)5)20-18(15)21-6/h13-14H,7-12H2,1-6H3. The van der Waals surface area contributed by atoms with E-state index in [1.54, 1.807) is 11.8 Å². The molecule has 0 spiro atoms. The first-order chi connectivity index (χ1) is 10.0. The Hall–Kier alpha value is -0.570. The zero-order valence-corrected chi connectivity index (χ0v) is 15.5. The molecule has 0 saturated carbocycles. The van der Waals surface area contributed by atoms with E-state index in [1.807, 2.05) is 0 Å². The van der Waals surface area contributed by atoms with Crippen LogP contribution in [0.1, 0.15) is 95.6 Å². The second-order valence-electron chi connectivity index (χ2n) is 6.43. The van der Waals surface area contributed by atoms with Crippen LogP contribution in [0.5, 0.6) is 0 Å². The minimum atomic E-state index is 0.395. The molecule has 0 fully saturated rings. The van der Waals surface area contributed by atoms with E-state index in [4.69, 9.17) is 9.97 Å². The van der Waals surface area contributed by atoms with Gasteiger partial charge in [0.15, 0.2) is 0 Å². The lowest BCUT2D eigenvalue weighted by Gasteiger charge is -2.17. The topological polar surface area (TPSA) is 25.8 Å². The normalized spacial score (nSPS) is 11.6. The van der Waals surface area contributed by atoms with E-state index in [1.165, 1.54) is 48.4 Å². The number of rotatable bonds is 9. The van der Waals surface area contributed by atoms with Crippen molar-refractivity contribution < 1.29 is 0 Å². The molecule has 0 radical (unpaired) electrons. The number of hydrogen-bond acceptors (Lipinski definition) is 3. The van der Waals surface area contributed by atoms with Crippen molar-refractivity contribution in [3.63, 3.8) is 0 Å². The number of nitrogens with zero attached hydrogens (tertiary/aromatic N) is 2. The van der Waals surface area contributed by atoms with Crippen molar-refractivity contribution in [1.82, 2.24) is 9.97 Å². The van der Waals surface area contributed by atoms with Gasteiger partial charge in [-0.25, -0.2) is 9.97 Å². The van der Waals surface area contributed by atoms with Gasteiger partial charge in [-0.1, -0.05) is 60.3 Å². The quantitative estimate of drug-likeness (QED) is 0.320. The lowest BCUT2D eigenvalue weighted by atomic mass is 9.99. The van der Waals surface area contributed by atoms with Crippen LogP contribution in [0.4, 0.5) is 0 Å². The average Bonchev–Trinajstić information content (AvgIpc) is 2.46. The summed E-state index contributed by atoms with van der Waals surface area (Å²) in [6.45, 7) is 11.1. The Morgan fingerprint density at radius 1 is 0.905 bits per heavy atom. The smallest absolute Gasteiger partial charge is 0.132 e. The fourth-order valence-electron chi connectivity index (χ4n) is 2.54.